The summed E-state index contributed by atoms with van der Waals surface area (Å²) in [5, 5.41) is 2.60. The lowest BCUT2D eigenvalue weighted by molar-refractivity contribution is -0.0826. The number of halogens is 9. The summed E-state index contributed by atoms with van der Waals surface area (Å²) >= 11 is 0. The highest BCUT2D eigenvalue weighted by Gasteiger charge is 2.35. The van der Waals surface area contributed by atoms with E-state index in [1.807, 2.05) is 0 Å². The van der Waals surface area contributed by atoms with E-state index in [9.17, 15) is 39.5 Å². The number of hydrogen-bond acceptors (Lipinski definition) is 4. The predicted molar refractivity (Wildman–Crippen MR) is 44.9 cm³/mol. The molecule has 0 fully saturated rings. The zero-order chi connectivity index (χ0) is 16.9. The summed E-state index contributed by atoms with van der Waals surface area (Å²) < 4.78 is 95.7. The number of alkyl halides is 3. The van der Waals surface area contributed by atoms with Crippen LogP contribution in [0.25, 0.3) is 4.85 Å². The van der Waals surface area contributed by atoms with Gasteiger partial charge in [-0.3, -0.25) is 0 Å². The van der Waals surface area contributed by atoms with Crippen molar-refractivity contribution < 1.29 is 39.5 Å². The molecule has 0 N–H and O–H groups in total. The lowest BCUT2D eigenvalue weighted by Gasteiger charge is -1.79. The molecule has 0 heterocycles. The third-order valence-electron chi connectivity index (χ3n) is 0.599. The number of nitrogens with zero attached hydrogens (tertiary/aromatic N) is 3. The maximum absolute atomic E-state index is 10.9. The van der Waals surface area contributed by atoms with Crippen LogP contribution in [0, 0.1) is 16.4 Å². The minimum Gasteiger partial charge on any atom is -0.223 e. The number of nitroso groups, excluding NO2 is 2. The van der Waals surface area contributed by atoms with Crippen LogP contribution in [0.1, 0.15) is 0 Å². The minimum atomic E-state index is -4.67. The van der Waals surface area contributed by atoms with Crippen LogP contribution in [0.3, 0.4) is 0 Å². The highest BCUT2D eigenvalue weighted by Crippen LogP contribution is 2.14. The molecule has 0 amide bonds. The van der Waals surface area contributed by atoms with Gasteiger partial charge < -0.3 is 0 Å². The Bertz CT molecular complexity index is 386. The van der Waals surface area contributed by atoms with Crippen molar-refractivity contribution in [3.63, 3.8) is 0 Å². The van der Waals surface area contributed by atoms with Crippen LogP contribution in [-0.2, 0) is 0 Å². The number of rotatable bonds is 2. The van der Waals surface area contributed by atoms with Gasteiger partial charge in [0, 0.05) is 10.4 Å². The summed E-state index contributed by atoms with van der Waals surface area (Å²) in [6.07, 6.45) is -10.0. The molecule has 0 aliphatic rings. The lowest BCUT2D eigenvalue weighted by Crippen LogP contribution is -1.95. The Balaban J connectivity index is -0.000000218. The van der Waals surface area contributed by atoms with Gasteiger partial charge in [-0.2, -0.15) is 26.3 Å². The fraction of sp³-hybridized carbons (Fsp3) is 0.167. The van der Waals surface area contributed by atoms with Crippen molar-refractivity contribution in [3.8, 4) is 0 Å². The van der Waals surface area contributed by atoms with Crippen LogP contribution in [0.15, 0.2) is 34.4 Å². The van der Waals surface area contributed by atoms with Gasteiger partial charge in [-0.25, -0.2) is 11.4 Å². The Morgan fingerprint density at radius 2 is 1.00 bits per heavy atom. The molecule has 0 aromatic rings. The van der Waals surface area contributed by atoms with Gasteiger partial charge in [-0.05, 0) is 0 Å². The maximum Gasteiger partial charge on any atom is 0.711 e. The second-order valence-electron chi connectivity index (χ2n) is 1.86. The zero-order valence-corrected chi connectivity index (χ0v) is 8.56. The molecule has 0 aliphatic heterocycles. The van der Waals surface area contributed by atoms with Crippen molar-refractivity contribution in [2.75, 3.05) is 0 Å². The predicted octanol–water partition coefficient (Wildman–Crippen LogP) is 5.00. The molecule has 5 nitrogen and oxygen atoms in total. The van der Waals surface area contributed by atoms with Crippen molar-refractivity contribution in [2.24, 2.45) is 10.4 Å². The van der Waals surface area contributed by atoms with E-state index < -0.39 is 30.4 Å². The van der Waals surface area contributed by atoms with Gasteiger partial charge in [0.25, 0.3) is 0 Å². The molecule has 0 bridgehead atoms. The average Bonchev–Trinajstić information content (AvgIpc) is 2.37. The van der Waals surface area contributed by atoms with Crippen molar-refractivity contribution in [3.05, 3.63) is 45.3 Å². The summed E-state index contributed by atoms with van der Waals surface area (Å²) in [7, 11) is 0. The van der Waals surface area contributed by atoms with E-state index in [0.29, 0.717) is 0 Å². The van der Waals surface area contributed by atoms with Crippen LogP contribution in [-0.4, -0.2) is 6.30 Å². The molecule has 0 atom stereocenters. The second-order valence-corrected chi connectivity index (χ2v) is 1.86. The first kappa shape index (κ1) is 22.7. The topological polar surface area (TPSA) is 63.2 Å². The van der Waals surface area contributed by atoms with E-state index in [-0.39, 0.29) is 0 Å². The van der Waals surface area contributed by atoms with E-state index in [1.54, 1.807) is 0 Å². The summed E-state index contributed by atoms with van der Waals surface area (Å²) in [4.78, 5) is 18.8. The molecule has 20 heavy (non-hydrogen) atoms. The first-order chi connectivity index (χ1) is 8.92. The maximum atomic E-state index is 10.9. The molecule has 0 aromatic carbocycles. The van der Waals surface area contributed by atoms with Gasteiger partial charge in [-0.1, -0.05) is 13.2 Å². The highest BCUT2D eigenvalue weighted by molar-refractivity contribution is 4.87. The van der Waals surface area contributed by atoms with Crippen molar-refractivity contribution in [1.29, 1.82) is 0 Å². The van der Waals surface area contributed by atoms with E-state index >= 15 is 0 Å². The van der Waals surface area contributed by atoms with E-state index in [0.717, 1.165) is 0 Å². The Hall–Kier alpha value is -2.46. The van der Waals surface area contributed by atoms with Crippen LogP contribution < -0.4 is 0 Å². The van der Waals surface area contributed by atoms with Gasteiger partial charge in [0.2, 0.25) is 0 Å². The van der Waals surface area contributed by atoms with E-state index in [4.69, 9.17) is 16.4 Å². The molecule has 0 saturated heterocycles. The van der Waals surface area contributed by atoms with Gasteiger partial charge >= 0.3 is 30.4 Å². The Morgan fingerprint density at radius 3 is 1.00 bits per heavy atom. The van der Waals surface area contributed by atoms with Crippen LogP contribution in [0.4, 0.5) is 39.5 Å². The monoisotopic (exact) mass is 317 g/mol. The lowest BCUT2D eigenvalue weighted by atomic mass is 10.9. The van der Waals surface area contributed by atoms with Crippen LogP contribution >= 0.6 is 0 Å². The normalized spacial score (nSPS) is 8.60. The summed E-state index contributed by atoms with van der Waals surface area (Å²) in [5.74, 6) is -4.50. The molecule has 0 rings (SSSR count). The Labute approximate surface area is 103 Å². The van der Waals surface area contributed by atoms with Crippen LogP contribution in [0.5, 0.6) is 0 Å². The molecular formula is C6F9N3O2. The summed E-state index contributed by atoms with van der Waals surface area (Å²) in [6.45, 7) is 5.35. The smallest absolute Gasteiger partial charge is 0.223 e. The summed E-state index contributed by atoms with van der Waals surface area (Å²) in [6, 6.07) is 0. The molecule has 14 heteroatoms. The Morgan fingerprint density at radius 1 is 0.800 bits per heavy atom. The van der Waals surface area contributed by atoms with Crippen molar-refractivity contribution >= 4 is 0 Å². The van der Waals surface area contributed by atoms with Crippen molar-refractivity contribution in [1.82, 2.24) is 0 Å². The third-order valence-corrected chi connectivity index (χ3v) is 0.599. The zero-order valence-electron chi connectivity index (χ0n) is 8.56. The molecule has 0 unspecified atom stereocenters. The first-order valence-electron chi connectivity index (χ1n) is 3.46. The fourth-order valence-electron chi connectivity index (χ4n) is 0.0690. The largest absolute Gasteiger partial charge is 0.711 e. The molecule has 0 aromatic heterocycles. The van der Waals surface area contributed by atoms with Crippen molar-refractivity contribution in [2.45, 2.75) is 6.30 Å². The molecular weight excluding hydrogens is 317 g/mol. The quantitative estimate of drug-likeness (QED) is 0.311. The standard InChI is InChI=1S/2C2F3NO.C2F3N/c2*3-1(4)2(5)6-7;1-6-2(3,4)5. The third kappa shape index (κ3) is 20.9. The average molecular weight is 317 g/mol. The van der Waals surface area contributed by atoms with Gasteiger partial charge in [0.1, 0.15) is 0 Å². The molecule has 114 valence electrons. The minimum absolute atomic E-state index is 1.27. The molecule has 0 spiro atoms. The Kier molecular flexibility index (Phi) is 13.2. The van der Waals surface area contributed by atoms with Gasteiger partial charge in [0.15, 0.2) is 0 Å². The molecule has 0 aliphatic carbocycles. The second kappa shape index (κ2) is 11.6. The highest BCUT2D eigenvalue weighted by atomic mass is 19.4. The first-order valence-corrected chi connectivity index (χ1v) is 3.46. The van der Waals surface area contributed by atoms with Crippen LogP contribution in [0.2, 0.25) is 0 Å². The van der Waals surface area contributed by atoms with Gasteiger partial charge in [-0.15, -0.1) is 9.81 Å². The summed E-state index contributed by atoms with van der Waals surface area (Å²) in [5.41, 5.74) is 0. The number of hydrogen-bond donors (Lipinski definition) is 0. The van der Waals surface area contributed by atoms with E-state index in [1.165, 1.54) is 15.2 Å². The SMILES string of the molecule is O=NC(F)=C(F)F.O=NC(F)=C(F)F.[C-]#[N+]C(F)(F)F. The van der Waals surface area contributed by atoms with Gasteiger partial charge in [0.05, 0.1) is 0 Å². The van der Waals surface area contributed by atoms with E-state index in [2.05, 4.69) is 0 Å². The molecule has 0 saturated carbocycles. The fourth-order valence-corrected chi connectivity index (χ4v) is 0.0690. The molecule has 0 radical (unpaired) electrons.